The number of aromatic nitrogens is 4. The van der Waals surface area contributed by atoms with Crippen LogP contribution in [-0.2, 0) is 0 Å². The molecular weight excluding hydrogens is 146 g/mol. The summed E-state index contributed by atoms with van der Waals surface area (Å²) >= 11 is 0. The second-order valence-electron chi connectivity index (χ2n) is 1.95. The van der Waals surface area contributed by atoms with Crippen LogP contribution in [0.2, 0.25) is 0 Å². The minimum absolute atomic E-state index is 0.296. The molecule has 0 bridgehead atoms. The van der Waals surface area contributed by atoms with Crippen LogP contribution in [0, 0.1) is 0 Å². The molecule has 0 spiro atoms. The smallest absolute Gasteiger partial charge is 0.205 e. The van der Waals surface area contributed by atoms with Gasteiger partial charge in [-0.15, -0.1) is 10.2 Å². The molecule has 0 aliphatic carbocycles. The minimum atomic E-state index is 0.296. The van der Waals surface area contributed by atoms with Gasteiger partial charge in [0.25, 0.3) is 0 Å². The van der Waals surface area contributed by atoms with Crippen molar-refractivity contribution in [2.24, 2.45) is 0 Å². The van der Waals surface area contributed by atoms with Crippen molar-refractivity contribution < 1.29 is 5.21 Å². The monoisotopic (exact) mass is 151 g/mol. The first kappa shape index (κ1) is 6.05. The van der Waals surface area contributed by atoms with E-state index in [9.17, 15) is 0 Å². The molecule has 0 amide bonds. The van der Waals surface area contributed by atoms with Crippen molar-refractivity contribution in [3.8, 4) is 0 Å². The number of hydrogen-bond donors (Lipinski definition) is 2. The summed E-state index contributed by atoms with van der Waals surface area (Å²) in [6.07, 6.45) is 4.75. The van der Waals surface area contributed by atoms with Gasteiger partial charge in [-0.25, -0.2) is 10.5 Å². The standard InChI is InChI=1S/C5H5N5O/c11-9-4-5-8-7-3-10(5)2-1-6-4/h1-3,11H,(H,6,9). The zero-order chi connectivity index (χ0) is 7.68. The topological polar surface area (TPSA) is 75.3 Å². The molecule has 0 saturated heterocycles. The maximum Gasteiger partial charge on any atom is 0.205 e. The summed E-state index contributed by atoms with van der Waals surface area (Å²) in [5.41, 5.74) is 2.42. The van der Waals surface area contributed by atoms with Crippen LogP contribution in [0.3, 0.4) is 0 Å². The summed E-state index contributed by atoms with van der Waals surface area (Å²) in [5.74, 6) is 0.296. The van der Waals surface area contributed by atoms with Gasteiger partial charge in [0.15, 0.2) is 5.82 Å². The predicted molar refractivity (Wildman–Crippen MR) is 36.2 cm³/mol. The van der Waals surface area contributed by atoms with Crippen molar-refractivity contribution in [2.45, 2.75) is 0 Å². The van der Waals surface area contributed by atoms with Gasteiger partial charge in [0, 0.05) is 12.4 Å². The van der Waals surface area contributed by atoms with Gasteiger partial charge in [0.2, 0.25) is 5.65 Å². The number of hydrogen-bond acceptors (Lipinski definition) is 5. The van der Waals surface area contributed by atoms with Crippen LogP contribution < -0.4 is 5.48 Å². The van der Waals surface area contributed by atoms with Gasteiger partial charge in [-0.3, -0.25) is 9.61 Å². The molecule has 0 radical (unpaired) electrons. The summed E-state index contributed by atoms with van der Waals surface area (Å²) in [6, 6.07) is 0. The SMILES string of the molecule is ONc1nccn2cnnc12. The number of nitrogens with one attached hydrogen (secondary N) is 1. The molecule has 56 valence electrons. The zero-order valence-corrected chi connectivity index (χ0v) is 5.47. The van der Waals surface area contributed by atoms with Gasteiger partial charge in [0.05, 0.1) is 0 Å². The highest BCUT2D eigenvalue weighted by molar-refractivity contribution is 5.59. The van der Waals surface area contributed by atoms with Crippen LogP contribution >= 0.6 is 0 Å². The van der Waals surface area contributed by atoms with Crippen molar-refractivity contribution >= 4 is 11.5 Å². The Hall–Kier alpha value is -1.69. The molecule has 6 nitrogen and oxygen atoms in total. The third-order valence-electron chi connectivity index (χ3n) is 1.32. The molecule has 11 heavy (non-hydrogen) atoms. The Morgan fingerprint density at radius 1 is 1.55 bits per heavy atom. The molecule has 0 aromatic carbocycles. The second kappa shape index (κ2) is 2.17. The lowest BCUT2D eigenvalue weighted by Gasteiger charge is -1.96. The first-order valence-electron chi connectivity index (χ1n) is 2.96. The van der Waals surface area contributed by atoms with Gasteiger partial charge >= 0.3 is 0 Å². The summed E-state index contributed by atoms with van der Waals surface area (Å²) < 4.78 is 1.64. The average Bonchev–Trinajstić information content (AvgIpc) is 2.50. The highest BCUT2D eigenvalue weighted by Gasteiger charge is 2.00. The maximum absolute atomic E-state index is 8.56. The molecule has 2 rings (SSSR count). The largest absolute Gasteiger partial charge is 0.290 e. The van der Waals surface area contributed by atoms with Crippen LogP contribution in [0.4, 0.5) is 5.82 Å². The van der Waals surface area contributed by atoms with Crippen molar-refractivity contribution in [1.82, 2.24) is 19.6 Å². The molecule has 0 atom stereocenters. The molecular formula is C5H5N5O. The van der Waals surface area contributed by atoms with E-state index in [0.717, 1.165) is 0 Å². The van der Waals surface area contributed by atoms with Gasteiger partial charge < -0.3 is 0 Å². The van der Waals surface area contributed by atoms with Crippen molar-refractivity contribution in [3.05, 3.63) is 18.7 Å². The van der Waals surface area contributed by atoms with Crippen molar-refractivity contribution in [2.75, 3.05) is 5.48 Å². The fourth-order valence-corrected chi connectivity index (χ4v) is 0.838. The first-order chi connectivity index (χ1) is 5.42. The molecule has 6 heteroatoms. The van der Waals surface area contributed by atoms with Crippen LogP contribution in [0.5, 0.6) is 0 Å². The lowest BCUT2D eigenvalue weighted by atomic mass is 10.6. The van der Waals surface area contributed by atoms with E-state index < -0.39 is 0 Å². The average molecular weight is 151 g/mol. The number of fused-ring (bicyclic) bond motifs is 1. The van der Waals surface area contributed by atoms with Crippen molar-refractivity contribution in [3.63, 3.8) is 0 Å². The summed E-state index contributed by atoms with van der Waals surface area (Å²) in [6.45, 7) is 0. The Morgan fingerprint density at radius 2 is 2.45 bits per heavy atom. The van der Waals surface area contributed by atoms with E-state index in [1.54, 1.807) is 10.6 Å². The van der Waals surface area contributed by atoms with Gasteiger partial charge in [-0.05, 0) is 0 Å². The van der Waals surface area contributed by atoms with E-state index in [0.29, 0.717) is 11.5 Å². The molecule has 0 unspecified atom stereocenters. The highest BCUT2D eigenvalue weighted by atomic mass is 16.5. The molecule has 0 aliphatic heterocycles. The Balaban J connectivity index is 2.79. The highest BCUT2D eigenvalue weighted by Crippen LogP contribution is 2.07. The Morgan fingerprint density at radius 3 is 3.27 bits per heavy atom. The van der Waals surface area contributed by atoms with Crippen LogP contribution in [0.25, 0.3) is 5.65 Å². The fourth-order valence-electron chi connectivity index (χ4n) is 0.838. The van der Waals surface area contributed by atoms with E-state index in [-0.39, 0.29) is 0 Å². The third kappa shape index (κ3) is 0.802. The maximum atomic E-state index is 8.56. The Kier molecular flexibility index (Phi) is 1.19. The van der Waals surface area contributed by atoms with E-state index in [1.165, 1.54) is 12.5 Å². The summed E-state index contributed by atoms with van der Waals surface area (Å²) in [7, 11) is 0. The van der Waals surface area contributed by atoms with E-state index in [2.05, 4.69) is 15.2 Å². The molecule has 0 aliphatic rings. The second-order valence-corrected chi connectivity index (χ2v) is 1.95. The van der Waals surface area contributed by atoms with Crippen LogP contribution in [-0.4, -0.2) is 24.8 Å². The predicted octanol–water partition coefficient (Wildman–Crippen LogP) is -0.0746. The first-order valence-corrected chi connectivity index (χ1v) is 2.96. The van der Waals surface area contributed by atoms with Crippen molar-refractivity contribution in [1.29, 1.82) is 0 Å². The summed E-state index contributed by atoms with van der Waals surface area (Å²) in [5, 5.41) is 15.9. The molecule has 0 fully saturated rings. The fraction of sp³-hybridized carbons (Fsp3) is 0. The normalized spacial score (nSPS) is 10.3. The molecule has 2 aromatic heterocycles. The van der Waals surface area contributed by atoms with Crippen LogP contribution in [0.1, 0.15) is 0 Å². The Labute approximate surface area is 61.5 Å². The van der Waals surface area contributed by atoms with E-state index in [1.807, 2.05) is 5.48 Å². The molecule has 2 aromatic rings. The summed E-state index contributed by atoms with van der Waals surface area (Å²) in [4.78, 5) is 3.81. The molecule has 2 heterocycles. The lowest BCUT2D eigenvalue weighted by Crippen LogP contribution is -1.96. The van der Waals surface area contributed by atoms with Gasteiger partial charge in [0.1, 0.15) is 6.33 Å². The number of anilines is 1. The zero-order valence-electron chi connectivity index (χ0n) is 5.47. The number of nitrogens with zero attached hydrogens (tertiary/aromatic N) is 4. The van der Waals surface area contributed by atoms with Gasteiger partial charge in [-0.1, -0.05) is 0 Å². The van der Waals surface area contributed by atoms with Gasteiger partial charge in [-0.2, -0.15) is 0 Å². The van der Waals surface area contributed by atoms with E-state index in [4.69, 9.17) is 5.21 Å². The van der Waals surface area contributed by atoms with Crippen LogP contribution in [0.15, 0.2) is 18.7 Å². The molecule has 2 N–H and O–H groups in total. The quantitative estimate of drug-likeness (QED) is 0.558. The Bertz CT molecular complexity index is 370. The minimum Gasteiger partial charge on any atom is -0.290 e. The molecule has 0 saturated carbocycles. The third-order valence-corrected chi connectivity index (χ3v) is 1.32. The van der Waals surface area contributed by atoms with E-state index >= 15 is 0 Å². The number of rotatable bonds is 1. The lowest BCUT2D eigenvalue weighted by molar-refractivity contribution is 0.386.